The maximum Gasteiger partial charge on any atom is 0.308 e. The maximum atomic E-state index is 12.3. The first-order valence-corrected chi connectivity index (χ1v) is 9.24. The molecule has 2 rings (SSSR count). The summed E-state index contributed by atoms with van der Waals surface area (Å²) in [5, 5.41) is 12.1. The number of pyridine rings is 1. The molecule has 2 aromatic rings. The number of nitrogens with one attached hydrogen (secondary N) is 1. The van der Waals surface area contributed by atoms with E-state index in [1.807, 2.05) is 45.0 Å². The van der Waals surface area contributed by atoms with E-state index in [1.165, 1.54) is 6.20 Å². The Morgan fingerprint density at radius 2 is 1.86 bits per heavy atom. The lowest BCUT2D eigenvalue weighted by Crippen LogP contribution is -2.34. The molecule has 0 aliphatic carbocycles. The SMILES string of the molecule is CCOc1ccc(CC(CNC(=O)c2ccc(OC(C)C)nc2)C(=O)O)cc1. The fraction of sp³-hybridized carbons (Fsp3) is 0.381. The van der Waals surface area contributed by atoms with Crippen LogP contribution in [0.25, 0.3) is 0 Å². The standard InChI is InChI=1S/C21H26N2O5/c1-4-27-18-8-5-15(6-9-18)11-17(21(25)26)13-23-20(24)16-7-10-19(22-12-16)28-14(2)3/h5-10,12,14,17H,4,11,13H2,1-3H3,(H,23,24)(H,25,26). The highest BCUT2D eigenvalue weighted by molar-refractivity contribution is 5.94. The molecule has 0 fully saturated rings. The molecule has 7 heteroatoms. The number of carbonyl (C=O) groups is 2. The number of ether oxygens (including phenoxy) is 2. The summed E-state index contributed by atoms with van der Waals surface area (Å²) in [6.07, 6.45) is 1.71. The van der Waals surface area contributed by atoms with Gasteiger partial charge in [0.25, 0.3) is 5.91 Å². The molecule has 28 heavy (non-hydrogen) atoms. The van der Waals surface area contributed by atoms with Gasteiger partial charge in [-0.3, -0.25) is 9.59 Å². The molecule has 7 nitrogen and oxygen atoms in total. The second kappa shape index (κ2) is 10.3. The molecule has 0 saturated heterocycles. The number of hydrogen-bond donors (Lipinski definition) is 2. The van der Waals surface area contributed by atoms with E-state index < -0.39 is 11.9 Å². The van der Waals surface area contributed by atoms with E-state index in [1.54, 1.807) is 12.1 Å². The largest absolute Gasteiger partial charge is 0.494 e. The summed E-state index contributed by atoms with van der Waals surface area (Å²) in [6, 6.07) is 10.5. The molecule has 0 spiro atoms. The van der Waals surface area contributed by atoms with Crippen molar-refractivity contribution in [3.63, 3.8) is 0 Å². The highest BCUT2D eigenvalue weighted by Gasteiger charge is 2.19. The summed E-state index contributed by atoms with van der Waals surface area (Å²) in [5.74, 6) is -0.901. The van der Waals surface area contributed by atoms with Crippen LogP contribution < -0.4 is 14.8 Å². The molecule has 0 bridgehead atoms. The van der Waals surface area contributed by atoms with Crippen molar-refractivity contribution in [1.29, 1.82) is 0 Å². The minimum atomic E-state index is -0.965. The van der Waals surface area contributed by atoms with Crippen LogP contribution in [0.5, 0.6) is 11.6 Å². The Balaban J connectivity index is 1.93. The van der Waals surface area contributed by atoms with Crippen molar-refractivity contribution in [3.8, 4) is 11.6 Å². The van der Waals surface area contributed by atoms with E-state index >= 15 is 0 Å². The first-order chi connectivity index (χ1) is 13.4. The van der Waals surface area contributed by atoms with Crippen LogP contribution in [0, 0.1) is 5.92 Å². The van der Waals surface area contributed by atoms with Crippen LogP contribution in [0.1, 0.15) is 36.7 Å². The number of aromatic nitrogens is 1. The van der Waals surface area contributed by atoms with Crippen molar-refractivity contribution in [3.05, 3.63) is 53.7 Å². The second-order valence-corrected chi connectivity index (χ2v) is 6.58. The van der Waals surface area contributed by atoms with Crippen LogP contribution in [0.2, 0.25) is 0 Å². The number of carboxylic acid groups (broad SMARTS) is 1. The zero-order valence-electron chi connectivity index (χ0n) is 16.3. The first-order valence-electron chi connectivity index (χ1n) is 9.24. The highest BCUT2D eigenvalue weighted by Crippen LogP contribution is 2.16. The van der Waals surface area contributed by atoms with Crippen molar-refractivity contribution >= 4 is 11.9 Å². The minimum Gasteiger partial charge on any atom is -0.494 e. The van der Waals surface area contributed by atoms with E-state index in [4.69, 9.17) is 9.47 Å². The topological polar surface area (TPSA) is 97.8 Å². The molecule has 1 heterocycles. The Morgan fingerprint density at radius 1 is 1.14 bits per heavy atom. The van der Waals surface area contributed by atoms with Gasteiger partial charge in [0, 0.05) is 18.8 Å². The number of amides is 1. The van der Waals surface area contributed by atoms with Crippen LogP contribution in [-0.4, -0.2) is 41.2 Å². The Hall–Kier alpha value is -3.09. The quantitative estimate of drug-likeness (QED) is 0.652. The lowest BCUT2D eigenvalue weighted by atomic mass is 9.99. The van der Waals surface area contributed by atoms with E-state index in [9.17, 15) is 14.7 Å². The predicted molar refractivity (Wildman–Crippen MR) is 105 cm³/mol. The summed E-state index contributed by atoms with van der Waals surface area (Å²) in [6.45, 7) is 6.27. The minimum absolute atomic E-state index is 0.00824. The second-order valence-electron chi connectivity index (χ2n) is 6.58. The number of rotatable bonds is 10. The molecular weight excluding hydrogens is 360 g/mol. The summed E-state index contributed by atoms with van der Waals surface area (Å²) in [7, 11) is 0. The van der Waals surface area contributed by atoms with Crippen LogP contribution >= 0.6 is 0 Å². The van der Waals surface area contributed by atoms with Gasteiger partial charge < -0.3 is 19.9 Å². The predicted octanol–water partition coefficient (Wildman–Crippen LogP) is 2.94. The zero-order valence-corrected chi connectivity index (χ0v) is 16.3. The molecule has 1 aromatic heterocycles. The van der Waals surface area contributed by atoms with Gasteiger partial charge in [-0.1, -0.05) is 12.1 Å². The highest BCUT2D eigenvalue weighted by atomic mass is 16.5. The Morgan fingerprint density at radius 3 is 2.39 bits per heavy atom. The molecule has 0 aliphatic heterocycles. The average Bonchev–Trinajstić information content (AvgIpc) is 2.66. The third kappa shape index (κ3) is 6.57. The van der Waals surface area contributed by atoms with Gasteiger partial charge in [-0.05, 0) is 51.0 Å². The molecule has 1 aromatic carbocycles. The Bertz CT molecular complexity index is 772. The third-order valence-corrected chi connectivity index (χ3v) is 3.93. The van der Waals surface area contributed by atoms with Gasteiger partial charge in [-0.15, -0.1) is 0 Å². The summed E-state index contributed by atoms with van der Waals surface area (Å²) in [5.41, 5.74) is 1.21. The van der Waals surface area contributed by atoms with Crippen LogP contribution in [-0.2, 0) is 11.2 Å². The van der Waals surface area contributed by atoms with Crippen LogP contribution in [0.3, 0.4) is 0 Å². The molecule has 2 N–H and O–H groups in total. The molecule has 150 valence electrons. The lowest BCUT2D eigenvalue weighted by molar-refractivity contribution is -0.141. The summed E-state index contributed by atoms with van der Waals surface area (Å²) >= 11 is 0. The number of hydrogen-bond acceptors (Lipinski definition) is 5. The summed E-state index contributed by atoms with van der Waals surface area (Å²) < 4.78 is 10.8. The molecule has 1 unspecified atom stereocenters. The van der Waals surface area contributed by atoms with Gasteiger partial charge in [0.1, 0.15) is 5.75 Å². The van der Waals surface area contributed by atoms with Gasteiger partial charge >= 0.3 is 5.97 Å². The fourth-order valence-corrected chi connectivity index (χ4v) is 2.56. The molecule has 0 aliphatic rings. The van der Waals surface area contributed by atoms with Crippen LogP contribution in [0.4, 0.5) is 0 Å². The van der Waals surface area contributed by atoms with Gasteiger partial charge in [-0.2, -0.15) is 0 Å². The van der Waals surface area contributed by atoms with Crippen molar-refractivity contribution in [2.75, 3.05) is 13.2 Å². The lowest BCUT2D eigenvalue weighted by Gasteiger charge is -2.14. The van der Waals surface area contributed by atoms with Crippen molar-refractivity contribution in [2.45, 2.75) is 33.3 Å². The Labute approximate surface area is 164 Å². The van der Waals surface area contributed by atoms with E-state index in [2.05, 4.69) is 10.3 Å². The summed E-state index contributed by atoms with van der Waals surface area (Å²) in [4.78, 5) is 27.9. The van der Waals surface area contributed by atoms with Gasteiger partial charge in [0.05, 0.1) is 24.2 Å². The number of nitrogens with zero attached hydrogens (tertiary/aromatic N) is 1. The molecular formula is C21H26N2O5. The monoisotopic (exact) mass is 386 g/mol. The molecule has 0 radical (unpaired) electrons. The first kappa shape index (κ1) is 21.2. The van der Waals surface area contributed by atoms with E-state index in [0.717, 1.165) is 11.3 Å². The third-order valence-electron chi connectivity index (χ3n) is 3.93. The smallest absolute Gasteiger partial charge is 0.308 e. The van der Waals surface area contributed by atoms with Gasteiger partial charge in [-0.25, -0.2) is 4.98 Å². The molecule has 0 saturated carbocycles. The number of carbonyl (C=O) groups excluding carboxylic acids is 1. The average molecular weight is 386 g/mol. The number of carboxylic acids is 1. The van der Waals surface area contributed by atoms with Gasteiger partial charge in [0.2, 0.25) is 5.88 Å². The zero-order chi connectivity index (χ0) is 20.5. The fourth-order valence-electron chi connectivity index (χ4n) is 2.56. The van der Waals surface area contributed by atoms with E-state index in [-0.39, 0.29) is 18.6 Å². The molecule has 1 amide bonds. The van der Waals surface area contributed by atoms with Crippen LogP contribution in [0.15, 0.2) is 42.6 Å². The van der Waals surface area contributed by atoms with Crippen molar-refractivity contribution in [1.82, 2.24) is 10.3 Å². The normalized spacial score (nSPS) is 11.7. The number of aliphatic carboxylic acids is 1. The van der Waals surface area contributed by atoms with Crippen molar-refractivity contribution < 1.29 is 24.2 Å². The van der Waals surface area contributed by atoms with E-state index in [0.29, 0.717) is 24.5 Å². The van der Waals surface area contributed by atoms with Gasteiger partial charge in [0.15, 0.2) is 0 Å². The van der Waals surface area contributed by atoms with Crippen molar-refractivity contribution in [2.24, 2.45) is 5.92 Å². The molecule has 1 atom stereocenters. The number of benzene rings is 1. The Kier molecular flexibility index (Phi) is 7.80. The maximum absolute atomic E-state index is 12.3.